The summed E-state index contributed by atoms with van der Waals surface area (Å²) < 4.78 is 4.92. The van der Waals surface area contributed by atoms with Crippen LogP contribution in [-0.4, -0.2) is 48.7 Å². The minimum atomic E-state index is -1.00. The number of carbonyl (C=O) groups excluding carboxylic acids is 1. The van der Waals surface area contributed by atoms with Gasteiger partial charge in [0.25, 0.3) is 0 Å². The molecular weight excluding hydrogens is 246 g/mol. The fourth-order valence-corrected chi connectivity index (χ4v) is 2.33. The molecule has 1 unspecified atom stereocenters. The molecule has 1 N–H and O–H groups in total. The minimum absolute atomic E-state index is 0.127. The summed E-state index contributed by atoms with van der Waals surface area (Å²) in [5.41, 5.74) is 2.18. The zero-order valence-electron chi connectivity index (χ0n) is 10.8. The second-order valence-corrected chi connectivity index (χ2v) is 4.60. The number of fused-ring (bicyclic) bond motifs is 1. The molecule has 0 saturated carbocycles. The molecule has 0 bridgehead atoms. The standard InChI is InChI=1S/C14H17NO4/c1-19-7-6-15(9-13(16)17)14(18)12-8-10-4-2-3-5-11(10)12/h2-5,12H,6-9H2,1H3,(H,16,17). The molecule has 1 amide bonds. The maximum absolute atomic E-state index is 12.3. The van der Waals surface area contributed by atoms with E-state index in [1.165, 1.54) is 17.6 Å². The van der Waals surface area contributed by atoms with Crippen LogP contribution < -0.4 is 0 Å². The van der Waals surface area contributed by atoms with Crippen molar-refractivity contribution in [2.75, 3.05) is 26.8 Å². The largest absolute Gasteiger partial charge is 0.480 e. The Bertz CT molecular complexity index is 486. The summed E-state index contributed by atoms with van der Waals surface area (Å²) in [6.07, 6.45) is 0.693. The van der Waals surface area contributed by atoms with Crippen LogP contribution in [0.1, 0.15) is 17.0 Å². The highest BCUT2D eigenvalue weighted by Gasteiger charge is 2.35. The summed E-state index contributed by atoms with van der Waals surface area (Å²) in [4.78, 5) is 24.5. The second-order valence-electron chi connectivity index (χ2n) is 4.60. The quantitative estimate of drug-likeness (QED) is 0.827. The normalized spacial score (nSPS) is 16.4. The van der Waals surface area contributed by atoms with Crippen molar-refractivity contribution in [1.29, 1.82) is 0 Å². The number of amides is 1. The van der Waals surface area contributed by atoms with Gasteiger partial charge in [-0.15, -0.1) is 0 Å². The summed E-state index contributed by atoms with van der Waals surface area (Å²) in [5, 5.41) is 8.87. The van der Waals surface area contributed by atoms with Gasteiger partial charge in [0.2, 0.25) is 5.91 Å². The fraction of sp³-hybridized carbons (Fsp3) is 0.429. The Morgan fingerprint density at radius 1 is 1.42 bits per heavy atom. The Kier molecular flexibility index (Phi) is 4.16. The van der Waals surface area contributed by atoms with E-state index >= 15 is 0 Å². The third-order valence-corrected chi connectivity index (χ3v) is 3.36. The molecule has 2 rings (SSSR count). The van der Waals surface area contributed by atoms with Crippen LogP contribution in [0.4, 0.5) is 0 Å². The zero-order valence-corrected chi connectivity index (χ0v) is 10.8. The molecule has 1 aromatic rings. The van der Waals surface area contributed by atoms with Crippen LogP contribution in [0, 0.1) is 0 Å². The summed E-state index contributed by atoms with van der Waals surface area (Å²) in [5.74, 6) is -1.33. The van der Waals surface area contributed by atoms with Crippen LogP contribution in [0.5, 0.6) is 0 Å². The molecular formula is C14H17NO4. The van der Waals surface area contributed by atoms with Gasteiger partial charge in [-0.25, -0.2) is 0 Å². The number of aliphatic carboxylic acids is 1. The number of methoxy groups -OCH3 is 1. The number of rotatable bonds is 6. The van der Waals surface area contributed by atoms with Crippen molar-refractivity contribution in [2.45, 2.75) is 12.3 Å². The molecule has 0 heterocycles. The van der Waals surface area contributed by atoms with Gasteiger partial charge in [0.15, 0.2) is 0 Å². The lowest BCUT2D eigenvalue weighted by Crippen LogP contribution is -2.43. The average Bonchev–Trinajstić information content (AvgIpc) is 2.35. The molecule has 1 aliphatic rings. The van der Waals surface area contributed by atoms with E-state index in [-0.39, 0.29) is 18.4 Å². The summed E-state index contributed by atoms with van der Waals surface area (Å²) in [6, 6.07) is 7.76. The summed E-state index contributed by atoms with van der Waals surface area (Å²) >= 11 is 0. The Morgan fingerprint density at radius 2 is 2.16 bits per heavy atom. The van der Waals surface area contributed by atoms with Gasteiger partial charge < -0.3 is 14.7 Å². The lowest BCUT2D eigenvalue weighted by Gasteiger charge is -2.33. The van der Waals surface area contributed by atoms with Crippen LogP contribution in [0.15, 0.2) is 24.3 Å². The minimum Gasteiger partial charge on any atom is -0.480 e. The molecule has 5 nitrogen and oxygen atoms in total. The van der Waals surface area contributed by atoms with Gasteiger partial charge in [0, 0.05) is 13.7 Å². The van der Waals surface area contributed by atoms with Crippen LogP contribution in [-0.2, 0) is 20.7 Å². The maximum Gasteiger partial charge on any atom is 0.323 e. The molecule has 1 atom stereocenters. The van der Waals surface area contributed by atoms with E-state index < -0.39 is 5.97 Å². The van der Waals surface area contributed by atoms with Gasteiger partial charge in [-0.3, -0.25) is 9.59 Å². The first-order valence-corrected chi connectivity index (χ1v) is 6.20. The number of hydrogen-bond donors (Lipinski definition) is 1. The highest BCUT2D eigenvalue weighted by Crippen LogP contribution is 2.36. The van der Waals surface area contributed by atoms with E-state index in [4.69, 9.17) is 9.84 Å². The second kappa shape index (κ2) is 5.84. The van der Waals surface area contributed by atoms with Gasteiger partial charge in [0.05, 0.1) is 12.5 Å². The molecule has 5 heteroatoms. The molecule has 19 heavy (non-hydrogen) atoms. The van der Waals surface area contributed by atoms with Crippen LogP contribution in [0.2, 0.25) is 0 Å². The summed E-state index contributed by atoms with van der Waals surface area (Å²) in [7, 11) is 1.53. The molecule has 102 valence electrons. The molecule has 1 aliphatic carbocycles. The van der Waals surface area contributed by atoms with Crippen molar-refractivity contribution < 1.29 is 19.4 Å². The lowest BCUT2D eigenvalue weighted by molar-refractivity contribution is -0.145. The lowest BCUT2D eigenvalue weighted by atomic mass is 9.77. The highest BCUT2D eigenvalue weighted by molar-refractivity contribution is 5.89. The number of hydrogen-bond acceptors (Lipinski definition) is 3. The fourth-order valence-electron chi connectivity index (χ4n) is 2.33. The maximum atomic E-state index is 12.3. The molecule has 0 saturated heterocycles. The first kappa shape index (κ1) is 13.5. The molecule has 0 fully saturated rings. The van der Waals surface area contributed by atoms with Gasteiger partial charge in [-0.2, -0.15) is 0 Å². The smallest absolute Gasteiger partial charge is 0.323 e. The molecule has 1 aromatic carbocycles. The van der Waals surface area contributed by atoms with Gasteiger partial charge >= 0.3 is 5.97 Å². The third kappa shape index (κ3) is 2.93. The van der Waals surface area contributed by atoms with Crippen molar-refractivity contribution in [3.8, 4) is 0 Å². The van der Waals surface area contributed by atoms with E-state index in [9.17, 15) is 9.59 Å². The van der Waals surface area contributed by atoms with E-state index in [0.717, 1.165) is 5.56 Å². The highest BCUT2D eigenvalue weighted by atomic mass is 16.5. The number of carbonyl (C=O) groups is 2. The van der Waals surface area contributed by atoms with E-state index in [1.54, 1.807) is 0 Å². The predicted octanol–water partition coefficient (Wildman–Crippen LogP) is 0.886. The molecule has 0 aromatic heterocycles. The van der Waals surface area contributed by atoms with E-state index in [0.29, 0.717) is 19.6 Å². The molecule has 0 aliphatic heterocycles. The van der Waals surface area contributed by atoms with Crippen LogP contribution in [0.25, 0.3) is 0 Å². The average molecular weight is 263 g/mol. The van der Waals surface area contributed by atoms with Crippen molar-refractivity contribution in [1.82, 2.24) is 4.90 Å². The number of carboxylic acid groups (broad SMARTS) is 1. The Hall–Kier alpha value is -1.88. The Morgan fingerprint density at radius 3 is 2.79 bits per heavy atom. The van der Waals surface area contributed by atoms with E-state index in [1.807, 2.05) is 24.3 Å². The number of ether oxygens (including phenoxy) is 1. The van der Waals surface area contributed by atoms with E-state index in [2.05, 4.69) is 0 Å². The zero-order chi connectivity index (χ0) is 13.8. The third-order valence-electron chi connectivity index (χ3n) is 3.36. The molecule has 0 radical (unpaired) electrons. The van der Waals surface area contributed by atoms with Crippen LogP contribution in [0.3, 0.4) is 0 Å². The monoisotopic (exact) mass is 263 g/mol. The molecule has 0 spiro atoms. The topological polar surface area (TPSA) is 66.8 Å². The van der Waals surface area contributed by atoms with Crippen molar-refractivity contribution in [3.05, 3.63) is 35.4 Å². The van der Waals surface area contributed by atoms with Crippen LogP contribution >= 0.6 is 0 Å². The van der Waals surface area contributed by atoms with Crippen molar-refractivity contribution in [2.24, 2.45) is 0 Å². The van der Waals surface area contributed by atoms with Crippen molar-refractivity contribution >= 4 is 11.9 Å². The van der Waals surface area contributed by atoms with Gasteiger partial charge in [-0.1, -0.05) is 24.3 Å². The van der Waals surface area contributed by atoms with Crippen molar-refractivity contribution in [3.63, 3.8) is 0 Å². The number of nitrogens with zero attached hydrogens (tertiary/aromatic N) is 1. The number of benzene rings is 1. The van der Waals surface area contributed by atoms with Gasteiger partial charge in [0.1, 0.15) is 6.54 Å². The SMILES string of the molecule is COCCN(CC(=O)O)C(=O)C1Cc2ccccc21. The number of carboxylic acids is 1. The first-order chi connectivity index (χ1) is 9.13. The predicted molar refractivity (Wildman–Crippen MR) is 69.0 cm³/mol. The first-order valence-electron chi connectivity index (χ1n) is 6.20. The Balaban J connectivity index is 2.06. The Labute approximate surface area is 111 Å². The summed E-state index contributed by atoms with van der Waals surface area (Å²) in [6.45, 7) is 0.370. The van der Waals surface area contributed by atoms with Gasteiger partial charge in [-0.05, 0) is 17.5 Å².